The summed E-state index contributed by atoms with van der Waals surface area (Å²) in [5, 5.41) is 8.50. The van der Waals surface area contributed by atoms with Gasteiger partial charge in [-0.15, -0.1) is 0 Å². The van der Waals surface area contributed by atoms with Crippen LogP contribution in [0.4, 0.5) is 4.79 Å². The number of carboxylic acid groups (broad SMARTS) is 1. The van der Waals surface area contributed by atoms with Gasteiger partial charge in [-0.1, -0.05) is 6.42 Å². The Bertz CT molecular complexity index is 232. The maximum Gasteiger partial charge on any atom is 0.509 e. The topological polar surface area (TPSA) is 72.8 Å². The fourth-order valence-corrected chi connectivity index (χ4v) is 1.54. The summed E-state index contributed by atoms with van der Waals surface area (Å²) in [7, 11) is 0. The van der Waals surface area contributed by atoms with Gasteiger partial charge < -0.3 is 14.6 Å². The van der Waals surface area contributed by atoms with Gasteiger partial charge in [0.2, 0.25) is 0 Å². The number of hydrogen-bond acceptors (Lipinski definition) is 4. The van der Waals surface area contributed by atoms with Gasteiger partial charge in [0, 0.05) is 0 Å². The van der Waals surface area contributed by atoms with Gasteiger partial charge in [-0.2, -0.15) is 0 Å². The summed E-state index contributed by atoms with van der Waals surface area (Å²) in [6.07, 6.45) is 2.82. The number of carbonyl (C=O) groups is 2. The number of aliphatic carboxylic acids is 1. The van der Waals surface area contributed by atoms with E-state index in [0.29, 0.717) is 0 Å². The fourth-order valence-electron chi connectivity index (χ4n) is 1.54. The van der Waals surface area contributed by atoms with Crippen LogP contribution in [0.3, 0.4) is 0 Å². The normalized spacial score (nSPS) is 19.3. The summed E-state index contributed by atoms with van der Waals surface area (Å²) in [5.74, 6) is -1.17. The lowest BCUT2D eigenvalue weighted by atomic mass is 9.98. The highest BCUT2D eigenvalue weighted by Gasteiger charge is 2.22. The lowest BCUT2D eigenvalue weighted by molar-refractivity contribution is -0.147. The molecule has 1 N–H and O–H groups in total. The number of ether oxygens (including phenoxy) is 2. The summed E-state index contributed by atoms with van der Waals surface area (Å²) in [5.41, 5.74) is 0. The van der Waals surface area contributed by atoms with Crippen LogP contribution >= 0.6 is 0 Å². The maximum absolute atomic E-state index is 11.1. The molecule has 0 radical (unpaired) electrons. The van der Waals surface area contributed by atoms with E-state index in [-0.39, 0.29) is 6.10 Å². The van der Waals surface area contributed by atoms with E-state index in [1.54, 1.807) is 0 Å². The van der Waals surface area contributed by atoms with Gasteiger partial charge in [-0.05, 0) is 32.6 Å². The van der Waals surface area contributed by atoms with Crippen LogP contribution in [0.1, 0.15) is 39.0 Å². The maximum atomic E-state index is 11.1. The molecule has 0 saturated heterocycles. The van der Waals surface area contributed by atoms with E-state index >= 15 is 0 Å². The predicted molar refractivity (Wildman–Crippen MR) is 51.5 cm³/mol. The second-order valence-electron chi connectivity index (χ2n) is 3.73. The van der Waals surface area contributed by atoms with Crippen molar-refractivity contribution in [2.45, 2.75) is 51.2 Å². The van der Waals surface area contributed by atoms with Crippen LogP contribution in [-0.4, -0.2) is 29.4 Å². The van der Waals surface area contributed by atoms with Crippen molar-refractivity contribution in [2.24, 2.45) is 0 Å². The molecule has 0 aliphatic heterocycles. The first kappa shape index (κ1) is 11.8. The van der Waals surface area contributed by atoms with E-state index in [0.717, 1.165) is 25.7 Å². The average Bonchev–Trinajstić information content (AvgIpc) is 2.18. The van der Waals surface area contributed by atoms with Gasteiger partial charge in [-0.25, -0.2) is 9.59 Å². The quantitative estimate of drug-likeness (QED) is 0.730. The van der Waals surface area contributed by atoms with Crippen LogP contribution in [0.5, 0.6) is 0 Å². The Morgan fingerprint density at radius 2 is 1.87 bits per heavy atom. The molecule has 5 heteroatoms. The monoisotopic (exact) mass is 216 g/mol. The largest absolute Gasteiger partial charge is 0.509 e. The molecule has 0 heterocycles. The summed E-state index contributed by atoms with van der Waals surface area (Å²) in [6.45, 7) is 1.30. The number of carbonyl (C=O) groups excluding carboxylic acids is 1. The molecule has 1 fully saturated rings. The van der Waals surface area contributed by atoms with Crippen LogP contribution in [0, 0.1) is 0 Å². The molecule has 1 unspecified atom stereocenters. The van der Waals surface area contributed by atoms with Gasteiger partial charge in [0.1, 0.15) is 6.10 Å². The van der Waals surface area contributed by atoms with Crippen molar-refractivity contribution in [1.82, 2.24) is 0 Å². The lowest BCUT2D eigenvalue weighted by Crippen LogP contribution is -2.27. The SMILES string of the molecule is CC(OC(=O)OC1CCCCC1)C(=O)O. The van der Waals surface area contributed by atoms with Gasteiger partial charge in [-0.3, -0.25) is 0 Å². The Balaban J connectivity index is 2.25. The molecule has 5 nitrogen and oxygen atoms in total. The Kier molecular flexibility index (Phi) is 4.39. The zero-order valence-corrected chi connectivity index (χ0v) is 8.77. The number of rotatable bonds is 3. The van der Waals surface area contributed by atoms with Crippen molar-refractivity contribution in [3.05, 3.63) is 0 Å². The molecule has 86 valence electrons. The van der Waals surface area contributed by atoms with Crippen LogP contribution < -0.4 is 0 Å². The molecule has 0 spiro atoms. The molecule has 0 aromatic heterocycles. The van der Waals surface area contributed by atoms with Crippen molar-refractivity contribution in [2.75, 3.05) is 0 Å². The first-order valence-corrected chi connectivity index (χ1v) is 5.19. The van der Waals surface area contributed by atoms with Crippen molar-refractivity contribution in [1.29, 1.82) is 0 Å². The third-order valence-electron chi connectivity index (χ3n) is 2.44. The van der Waals surface area contributed by atoms with Crippen molar-refractivity contribution in [3.8, 4) is 0 Å². The average molecular weight is 216 g/mol. The summed E-state index contributed by atoms with van der Waals surface area (Å²) < 4.78 is 9.54. The van der Waals surface area contributed by atoms with Crippen LogP contribution in [0.2, 0.25) is 0 Å². The van der Waals surface area contributed by atoms with E-state index in [1.165, 1.54) is 13.3 Å². The molecule has 0 bridgehead atoms. The summed E-state index contributed by atoms with van der Waals surface area (Å²) >= 11 is 0. The van der Waals surface area contributed by atoms with E-state index in [9.17, 15) is 9.59 Å². The minimum atomic E-state index is -1.17. The molecule has 1 atom stereocenters. The number of carboxylic acids is 1. The van der Waals surface area contributed by atoms with E-state index in [2.05, 4.69) is 4.74 Å². The summed E-state index contributed by atoms with van der Waals surface area (Å²) in [4.78, 5) is 21.5. The molecule has 0 amide bonds. The Morgan fingerprint density at radius 3 is 2.40 bits per heavy atom. The Labute approximate surface area is 88.4 Å². The first-order chi connectivity index (χ1) is 7.09. The highest BCUT2D eigenvalue weighted by atomic mass is 16.7. The summed E-state index contributed by atoms with van der Waals surface area (Å²) in [6, 6.07) is 0. The molecule has 1 aliphatic rings. The second-order valence-corrected chi connectivity index (χ2v) is 3.73. The molecule has 1 aliphatic carbocycles. The molecule has 1 rings (SSSR count). The zero-order valence-electron chi connectivity index (χ0n) is 8.77. The van der Waals surface area contributed by atoms with Crippen molar-refractivity contribution < 1.29 is 24.2 Å². The van der Waals surface area contributed by atoms with Gasteiger partial charge in [0.05, 0.1) is 0 Å². The van der Waals surface area contributed by atoms with Gasteiger partial charge in [0.25, 0.3) is 0 Å². The molecule has 0 aromatic carbocycles. The highest BCUT2D eigenvalue weighted by molar-refractivity contribution is 5.75. The van der Waals surface area contributed by atoms with Crippen molar-refractivity contribution >= 4 is 12.1 Å². The third kappa shape index (κ3) is 4.18. The minimum absolute atomic E-state index is 0.104. The minimum Gasteiger partial charge on any atom is -0.479 e. The highest BCUT2D eigenvalue weighted by Crippen LogP contribution is 2.20. The third-order valence-corrected chi connectivity index (χ3v) is 2.44. The van der Waals surface area contributed by atoms with E-state index in [4.69, 9.17) is 9.84 Å². The smallest absolute Gasteiger partial charge is 0.479 e. The fraction of sp³-hybridized carbons (Fsp3) is 0.800. The molecule has 1 saturated carbocycles. The van der Waals surface area contributed by atoms with E-state index < -0.39 is 18.2 Å². The predicted octanol–water partition coefficient (Wildman–Crippen LogP) is 1.95. The first-order valence-electron chi connectivity index (χ1n) is 5.19. The van der Waals surface area contributed by atoms with Crippen LogP contribution in [0.25, 0.3) is 0 Å². The number of hydrogen-bond donors (Lipinski definition) is 1. The van der Waals surface area contributed by atoms with E-state index in [1.807, 2.05) is 0 Å². The van der Waals surface area contributed by atoms with Gasteiger partial charge >= 0.3 is 12.1 Å². The van der Waals surface area contributed by atoms with Gasteiger partial charge in [0.15, 0.2) is 6.10 Å². The zero-order chi connectivity index (χ0) is 11.3. The Morgan fingerprint density at radius 1 is 1.27 bits per heavy atom. The van der Waals surface area contributed by atoms with Crippen LogP contribution in [-0.2, 0) is 14.3 Å². The molecule has 15 heavy (non-hydrogen) atoms. The van der Waals surface area contributed by atoms with Crippen molar-refractivity contribution in [3.63, 3.8) is 0 Å². The molecular weight excluding hydrogens is 200 g/mol. The molecule has 0 aromatic rings. The van der Waals surface area contributed by atoms with Crippen LogP contribution in [0.15, 0.2) is 0 Å². The Hall–Kier alpha value is -1.26. The lowest BCUT2D eigenvalue weighted by Gasteiger charge is -2.21. The standard InChI is InChI=1S/C10H16O5/c1-7(9(11)12)14-10(13)15-8-5-3-2-4-6-8/h7-8H,2-6H2,1H3,(H,11,12). The second kappa shape index (κ2) is 5.58. The molecular formula is C10H16O5.